The van der Waals surface area contributed by atoms with Crippen LogP contribution in [0.3, 0.4) is 0 Å². The molecule has 0 radical (unpaired) electrons. The molecule has 0 fully saturated rings. The van der Waals surface area contributed by atoms with Crippen molar-refractivity contribution in [3.63, 3.8) is 0 Å². The van der Waals surface area contributed by atoms with Crippen molar-refractivity contribution >= 4 is 5.97 Å². The first-order chi connectivity index (χ1) is 9.77. The number of carboxylic acids is 1. The lowest BCUT2D eigenvalue weighted by molar-refractivity contribution is -0.130. The summed E-state index contributed by atoms with van der Waals surface area (Å²) in [5, 5.41) is 8.26. The maximum atomic E-state index is 10.1. The summed E-state index contributed by atoms with van der Waals surface area (Å²) in [6, 6.07) is 0. The normalized spacial score (nSPS) is 9.65. The molecule has 0 atom stereocenters. The third-order valence-electron chi connectivity index (χ3n) is 2.98. The van der Waals surface area contributed by atoms with Crippen molar-refractivity contribution in [3.05, 3.63) is 12.2 Å². The molecule has 0 aliphatic heterocycles. The van der Waals surface area contributed by atoms with Gasteiger partial charge in [-0.3, -0.25) is 0 Å². The number of allylic oxidation sites excluding steroid dienone is 2. The Morgan fingerprint density at radius 2 is 1.55 bits per heavy atom. The van der Waals surface area contributed by atoms with Gasteiger partial charge in [0.25, 0.3) is 0 Å². The van der Waals surface area contributed by atoms with Gasteiger partial charge in [-0.15, -0.1) is 0 Å². The lowest BCUT2D eigenvalue weighted by atomic mass is 10.1. The largest absolute Gasteiger partial charge is 0.472 e. The van der Waals surface area contributed by atoms with Gasteiger partial charge in [0.1, 0.15) is 0 Å². The number of aliphatic carboxylic acids is 1. The highest BCUT2D eigenvalue weighted by molar-refractivity contribution is 5.87. The lowest BCUT2D eigenvalue weighted by Crippen LogP contribution is -1.85. The minimum atomic E-state index is -1.14. The Morgan fingerprint density at radius 3 is 2.15 bits per heavy atom. The molecule has 20 heavy (non-hydrogen) atoms. The van der Waals surface area contributed by atoms with Crippen molar-refractivity contribution in [1.82, 2.24) is 0 Å². The van der Waals surface area contributed by atoms with Crippen LogP contribution in [-0.4, -0.2) is 11.1 Å². The van der Waals surface area contributed by atoms with Crippen LogP contribution in [0.2, 0.25) is 0 Å². The van der Waals surface area contributed by atoms with Crippen LogP contribution in [0.15, 0.2) is 12.2 Å². The fraction of sp³-hybridized carbons (Fsp3) is 0.611. The number of hydrogen-bond donors (Lipinski definition) is 1. The van der Waals surface area contributed by atoms with Gasteiger partial charge in [0.05, 0.1) is 0 Å². The average molecular weight is 274 g/mol. The maximum absolute atomic E-state index is 10.1. The molecule has 0 aliphatic carbocycles. The standard InChI is InChI=1S/C18H26O2/c1-2-3-4-5-6-7-8-9-10-11-12-13-14-15-16-17-18(19)20/h12-13H,2-11H2,1H3,(H,19,20). The zero-order chi connectivity index (χ0) is 14.9. The van der Waals surface area contributed by atoms with Crippen LogP contribution in [-0.2, 0) is 4.79 Å². The van der Waals surface area contributed by atoms with Crippen LogP contribution >= 0.6 is 0 Å². The van der Waals surface area contributed by atoms with E-state index in [1.165, 1.54) is 57.8 Å². The van der Waals surface area contributed by atoms with E-state index in [9.17, 15) is 4.79 Å². The number of carboxylic acid groups (broad SMARTS) is 1. The summed E-state index contributed by atoms with van der Waals surface area (Å²) in [7, 11) is 0. The number of rotatable bonds is 10. The molecule has 0 aromatic rings. The molecule has 1 N–H and O–H groups in total. The first-order valence-corrected chi connectivity index (χ1v) is 7.67. The SMILES string of the molecule is CCCCCCCCCCCC=CC#CC#CC(=O)O. The molecule has 0 aliphatic rings. The zero-order valence-electron chi connectivity index (χ0n) is 12.6. The molecular formula is C18H26O2. The van der Waals surface area contributed by atoms with E-state index in [0.717, 1.165) is 6.42 Å². The molecule has 0 rings (SSSR count). The van der Waals surface area contributed by atoms with Gasteiger partial charge in [0.15, 0.2) is 0 Å². The molecule has 0 spiro atoms. The predicted octanol–water partition coefficient (Wildman–Crippen LogP) is 4.55. The smallest absolute Gasteiger partial charge is 0.382 e. The first-order valence-electron chi connectivity index (χ1n) is 7.67. The summed E-state index contributed by atoms with van der Waals surface area (Å²) in [6.45, 7) is 2.25. The minimum absolute atomic E-state index is 1.04. The highest BCUT2D eigenvalue weighted by atomic mass is 16.4. The van der Waals surface area contributed by atoms with Gasteiger partial charge < -0.3 is 5.11 Å². The molecule has 0 aromatic heterocycles. The highest BCUT2D eigenvalue weighted by Gasteiger charge is 1.90. The Bertz CT molecular complexity index is 385. The Morgan fingerprint density at radius 1 is 0.950 bits per heavy atom. The number of unbranched alkanes of at least 4 members (excludes halogenated alkanes) is 9. The molecule has 0 amide bonds. The van der Waals surface area contributed by atoms with E-state index in [0.29, 0.717) is 0 Å². The third kappa shape index (κ3) is 16.3. The van der Waals surface area contributed by atoms with E-state index in [1.54, 1.807) is 6.08 Å². The second-order valence-electron chi connectivity index (χ2n) is 4.84. The summed E-state index contributed by atoms with van der Waals surface area (Å²) in [4.78, 5) is 10.1. The third-order valence-corrected chi connectivity index (χ3v) is 2.98. The highest BCUT2D eigenvalue weighted by Crippen LogP contribution is 2.10. The van der Waals surface area contributed by atoms with Gasteiger partial charge in [0, 0.05) is 5.92 Å². The monoisotopic (exact) mass is 274 g/mol. The lowest BCUT2D eigenvalue weighted by Gasteiger charge is -2.00. The molecule has 0 saturated heterocycles. The molecule has 0 bridgehead atoms. The average Bonchev–Trinajstić information content (AvgIpc) is 2.43. The molecule has 110 valence electrons. The minimum Gasteiger partial charge on any atom is -0.472 e. The van der Waals surface area contributed by atoms with Gasteiger partial charge in [-0.05, 0) is 30.8 Å². The predicted molar refractivity (Wildman–Crippen MR) is 84.2 cm³/mol. The van der Waals surface area contributed by atoms with E-state index in [4.69, 9.17) is 5.11 Å². The quantitative estimate of drug-likeness (QED) is 0.468. The summed E-state index contributed by atoms with van der Waals surface area (Å²) in [6.07, 6.45) is 16.8. The fourth-order valence-corrected chi connectivity index (χ4v) is 1.88. The van der Waals surface area contributed by atoms with Crippen molar-refractivity contribution < 1.29 is 9.90 Å². The van der Waals surface area contributed by atoms with Gasteiger partial charge in [-0.25, -0.2) is 4.79 Å². The summed E-state index contributed by atoms with van der Waals surface area (Å²) in [5.74, 6) is 8.25. The van der Waals surface area contributed by atoms with Crippen molar-refractivity contribution in [2.45, 2.75) is 71.1 Å². The van der Waals surface area contributed by atoms with E-state index in [-0.39, 0.29) is 0 Å². The molecule has 2 heteroatoms. The van der Waals surface area contributed by atoms with Crippen LogP contribution in [0.4, 0.5) is 0 Å². The summed E-state index contributed by atoms with van der Waals surface area (Å²) in [5.41, 5.74) is 0. The van der Waals surface area contributed by atoms with E-state index >= 15 is 0 Å². The van der Waals surface area contributed by atoms with Crippen molar-refractivity contribution in [1.29, 1.82) is 0 Å². The van der Waals surface area contributed by atoms with E-state index < -0.39 is 5.97 Å². The Balaban J connectivity index is 3.32. The molecule has 0 heterocycles. The maximum Gasteiger partial charge on any atom is 0.382 e. The van der Waals surface area contributed by atoms with Gasteiger partial charge >= 0.3 is 5.97 Å². The topological polar surface area (TPSA) is 37.3 Å². The second kappa shape index (κ2) is 15.4. The number of carbonyl (C=O) groups is 1. The summed E-state index contributed by atoms with van der Waals surface area (Å²) < 4.78 is 0. The van der Waals surface area contributed by atoms with Crippen LogP contribution < -0.4 is 0 Å². The molecule has 2 nitrogen and oxygen atoms in total. The molecule has 0 aromatic carbocycles. The van der Waals surface area contributed by atoms with E-state index in [1.807, 2.05) is 12.0 Å². The van der Waals surface area contributed by atoms with Crippen LogP contribution in [0.1, 0.15) is 71.1 Å². The Labute approximate surface area is 123 Å². The Kier molecular flexibility index (Phi) is 14.1. The van der Waals surface area contributed by atoms with Gasteiger partial charge in [0.2, 0.25) is 0 Å². The molecule has 0 saturated carbocycles. The van der Waals surface area contributed by atoms with Crippen LogP contribution in [0, 0.1) is 23.7 Å². The number of hydrogen-bond acceptors (Lipinski definition) is 1. The summed E-state index contributed by atoms with van der Waals surface area (Å²) >= 11 is 0. The van der Waals surface area contributed by atoms with Crippen LogP contribution in [0.25, 0.3) is 0 Å². The molecular weight excluding hydrogens is 248 g/mol. The van der Waals surface area contributed by atoms with Crippen LogP contribution in [0.5, 0.6) is 0 Å². The second-order valence-corrected chi connectivity index (χ2v) is 4.84. The fourth-order valence-electron chi connectivity index (χ4n) is 1.88. The molecule has 0 unspecified atom stereocenters. The van der Waals surface area contributed by atoms with Crippen molar-refractivity contribution in [2.24, 2.45) is 0 Å². The van der Waals surface area contributed by atoms with Crippen molar-refractivity contribution in [2.75, 3.05) is 0 Å². The first kappa shape index (κ1) is 18.3. The Hall–Kier alpha value is -1.67. The van der Waals surface area contributed by atoms with E-state index in [2.05, 4.69) is 24.7 Å². The zero-order valence-corrected chi connectivity index (χ0v) is 12.6. The van der Waals surface area contributed by atoms with Gasteiger partial charge in [-0.1, -0.05) is 70.3 Å². The van der Waals surface area contributed by atoms with Crippen molar-refractivity contribution in [3.8, 4) is 23.7 Å². The van der Waals surface area contributed by atoms with Gasteiger partial charge in [-0.2, -0.15) is 0 Å².